The van der Waals surface area contributed by atoms with Crippen LogP contribution in [-0.4, -0.2) is 10.2 Å². The van der Waals surface area contributed by atoms with Gasteiger partial charge in [-0.25, -0.2) is 0 Å². The van der Waals surface area contributed by atoms with Gasteiger partial charge in [0, 0.05) is 0 Å². The first-order valence-electron chi connectivity index (χ1n) is 8.16. The van der Waals surface area contributed by atoms with Crippen molar-refractivity contribution in [2.45, 2.75) is 36.9 Å². The first kappa shape index (κ1) is 25.8. The minimum Gasteiger partial charge on any atom is -0.385 e. The Morgan fingerprint density at radius 1 is 0.406 bits per heavy atom. The fourth-order valence-electron chi connectivity index (χ4n) is 2.66. The summed E-state index contributed by atoms with van der Waals surface area (Å²) in [5.74, 6) is 0. The van der Waals surface area contributed by atoms with Crippen molar-refractivity contribution in [3.63, 3.8) is 0 Å². The number of hydrogen-bond donors (Lipinski definition) is 2. The summed E-state index contributed by atoms with van der Waals surface area (Å²) in [6.45, 7) is 0. The monoisotopic (exact) mass is 486 g/mol. The van der Waals surface area contributed by atoms with Crippen LogP contribution in [0.1, 0.15) is 45.6 Å². The van der Waals surface area contributed by atoms with Crippen LogP contribution in [0.5, 0.6) is 0 Å². The van der Waals surface area contributed by atoms with Crippen LogP contribution in [0.15, 0.2) is 36.4 Å². The molecule has 0 aliphatic carbocycles. The molecule has 2 aromatic rings. The number of aliphatic hydroxyl groups excluding tert-OH is 2. The van der Waals surface area contributed by atoms with Crippen molar-refractivity contribution in [1.82, 2.24) is 0 Å². The van der Waals surface area contributed by atoms with Crippen molar-refractivity contribution in [3.8, 4) is 0 Å². The Morgan fingerprint density at radius 2 is 0.594 bits per heavy atom. The van der Waals surface area contributed by atoms with Crippen LogP contribution < -0.4 is 0 Å². The van der Waals surface area contributed by atoms with E-state index in [0.717, 1.165) is 0 Å². The summed E-state index contributed by atoms with van der Waals surface area (Å²) >= 11 is 0. The van der Waals surface area contributed by atoms with Gasteiger partial charge in [0.15, 0.2) is 0 Å². The first-order valence-corrected chi connectivity index (χ1v) is 8.16. The lowest BCUT2D eigenvalue weighted by atomic mass is 9.93. The maximum absolute atomic E-state index is 12.9. The zero-order chi connectivity index (χ0) is 24.9. The van der Waals surface area contributed by atoms with Crippen LogP contribution in [0.25, 0.3) is 0 Å². The van der Waals surface area contributed by atoms with Crippen molar-refractivity contribution in [2.24, 2.45) is 0 Å². The summed E-state index contributed by atoms with van der Waals surface area (Å²) in [5.41, 5.74) is -10.1. The second-order valence-corrected chi connectivity index (χ2v) is 6.57. The van der Waals surface area contributed by atoms with E-state index in [4.69, 9.17) is 0 Å². The Kier molecular flexibility index (Phi) is 6.56. The topological polar surface area (TPSA) is 40.5 Å². The highest BCUT2D eigenvalue weighted by Gasteiger charge is 2.40. The maximum Gasteiger partial charge on any atom is 0.416 e. The molecule has 0 radical (unpaired) electrons. The Hall–Kier alpha value is -2.48. The van der Waals surface area contributed by atoms with Crippen LogP contribution in [-0.2, 0) is 24.7 Å². The summed E-state index contributed by atoms with van der Waals surface area (Å²) in [6.07, 6.45) is -26.9. The molecule has 0 bridgehead atoms. The lowest BCUT2D eigenvalue weighted by molar-refractivity contribution is -0.145. The fourth-order valence-corrected chi connectivity index (χ4v) is 2.66. The molecule has 178 valence electrons. The molecule has 2 rings (SSSR count). The molecule has 14 heteroatoms. The van der Waals surface area contributed by atoms with Gasteiger partial charge in [0.2, 0.25) is 0 Å². The van der Waals surface area contributed by atoms with E-state index in [1.54, 1.807) is 0 Å². The third kappa shape index (κ3) is 5.85. The molecule has 0 amide bonds. The zero-order valence-electron chi connectivity index (χ0n) is 15.0. The molecule has 2 aromatic carbocycles. The Bertz CT molecular complexity index is 826. The molecule has 0 fully saturated rings. The summed E-state index contributed by atoms with van der Waals surface area (Å²) in [6, 6.07) is -0.672. The van der Waals surface area contributed by atoms with Crippen LogP contribution in [0, 0.1) is 0 Å². The van der Waals surface area contributed by atoms with Gasteiger partial charge in [-0.3, -0.25) is 0 Å². The number of rotatable bonds is 3. The van der Waals surface area contributed by atoms with Gasteiger partial charge >= 0.3 is 24.7 Å². The normalized spacial score (nSPS) is 15.6. The third-order valence-corrected chi connectivity index (χ3v) is 4.20. The van der Waals surface area contributed by atoms with Gasteiger partial charge in [-0.1, -0.05) is 0 Å². The van der Waals surface area contributed by atoms with Crippen LogP contribution in [0.3, 0.4) is 0 Å². The third-order valence-electron chi connectivity index (χ3n) is 4.20. The highest BCUT2D eigenvalue weighted by atomic mass is 19.4. The van der Waals surface area contributed by atoms with E-state index in [1.165, 1.54) is 0 Å². The molecule has 0 heterocycles. The zero-order valence-corrected chi connectivity index (χ0v) is 15.0. The summed E-state index contributed by atoms with van der Waals surface area (Å²) in [4.78, 5) is 0. The van der Waals surface area contributed by atoms with E-state index in [0.29, 0.717) is 0 Å². The number of aliphatic hydroxyl groups is 2. The van der Waals surface area contributed by atoms with E-state index in [1.807, 2.05) is 0 Å². The molecular weight excluding hydrogens is 476 g/mol. The largest absolute Gasteiger partial charge is 0.416 e. The summed E-state index contributed by atoms with van der Waals surface area (Å²) in [7, 11) is 0. The van der Waals surface area contributed by atoms with Crippen LogP contribution in [0.4, 0.5) is 52.7 Å². The van der Waals surface area contributed by atoms with Crippen LogP contribution in [0.2, 0.25) is 0 Å². The Labute approximate surface area is 170 Å². The quantitative estimate of drug-likeness (QED) is 0.485. The Morgan fingerprint density at radius 3 is 0.750 bits per heavy atom. The predicted molar refractivity (Wildman–Crippen MR) is 82.8 cm³/mol. The SMILES string of the molecule is O[C@H](c1cc(C(F)(F)F)cc(C(F)(F)F)c1)[C@H](O)c1cc(C(F)(F)F)cc(C(F)(F)F)c1. The lowest BCUT2D eigenvalue weighted by Gasteiger charge is -2.23. The van der Waals surface area contributed by atoms with Crippen LogP contribution >= 0.6 is 0 Å². The molecule has 0 saturated heterocycles. The first-order chi connectivity index (χ1) is 14.2. The lowest BCUT2D eigenvalue weighted by Crippen LogP contribution is -2.18. The molecule has 2 N–H and O–H groups in total. The van der Waals surface area contributed by atoms with Crippen molar-refractivity contribution >= 4 is 0 Å². The fraction of sp³-hybridized carbons (Fsp3) is 0.333. The van der Waals surface area contributed by atoms with Gasteiger partial charge in [-0.15, -0.1) is 0 Å². The molecular formula is C18H10F12O2. The van der Waals surface area contributed by atoms with Crippen molar-refractivity contribution in [2.75, 3.05) is 0 Å². The van der Waals surface area contributed by atoms with Crippen molar-refractivity contribution in [1.29, 1.82) is 0 Å². The molecule has 2 nitrogen and oxygen atoms in total. The molecule has 32 heavy (non-hydrogen) atoms. The maximum atomic E-state index is 12.9. The standard InChI is InChI=1S/C18H10F12O2/c19-15(20,21)9-1-7(2-10(5-9)16(22,23)24)13(31)14(32)8-3-11(17(25,26)27)6-12(4-8)18(28,29)30/h1-6,13-14,31-32H/t13-,14-/m1/s1. The Balaban J connectivity index is 2.63. The van der Waals surface area contributed by atoms with E-state index in [-0.39, 0.29) is 36.4 Å². The van der Waals surface area contributed by atoms with E-state index >= 15 is 0 Å². The van der Waals surface area contributed by atoms with E-state index < -0.39 is 70.3 Å². The van der Waals surface area contributed by atoms with Crippen molar-refractivity contribution in [3.05, 3.63) is 69.8 Å². The molecule has 0 unspecified atom stereocenters. The number of halogens is 12. The van der Waals surface area contributed by atoms with Gasteiger partial charge in [0.25, 0.3) is 0 Å². The minimum absolute atomic E-state index is 0.0125. The van der Waals surface area contributed by atoms with E-state index in [2.05, 4.69) is 0 Å². The molecule has 0 spiro atoms. The highest BCUT2D eigenvalue weighted by molar-refractivity contribution is 5.39. The van der Waals surface area contributed by atoms with Gasteiger partial charge in [0.1, 0.15) is 12.2 Å². The second-order valence-electron chi connectivity index (χ2n) is 6.57. The van der Waals surface area contributed by atoms with Crippen molar-refractivity contribution < 1.29 is 62.9 Å². The van der Waals surface area contributed by atoms with Gasteiger partial charge in [-0.05, 0) is 47.5 Å². The van der Waals surface area contributed by atoms with Gasteiger partial charge in [-0.2, -0.15) is 52.7 Å². The second kappa shape index (κ2) is 8.14. The van der Waals surface area contributed by atoms with Gasteiger partial charge < -0.3 is 10.2 Å². The number of benzene rings is 2. The number of alkyl halides is 12. The van der Waals surface area contributed by atoms with Gasteiger partial charge in [0.05, 0.1) is 22.3 Å². The average Bonchev–Trinajstić information content (AvgIpc) is 2.63. The number of hydrogen-bond acceptors (Lipinski definition) is 2. The molecule has 0 aliphatic heterocycles. The minimum atomic E-state index is -5.35. The summed E-state index contributed by atoms with van der Waals surface area (Å²) < 4.78 is 155. The molecule has 0 aromatic heterocycles. The molecule has 2 atom stereocenters. The van der Waals surface area contributed by atoms with E-state index in [9.17, 15) is 62.9 Å². The molecule has 0 saturated carbocycles. The molecule has 0 aliphatic rings. The summed E-state index contributed by atoms with van der Waals surface area (Å²) in [5, 5.41) is 20.1. The highest BCUT2D eigenvalue weighted by Crippen LogP contribution is 2.42. The predicted octanol–water partition coefficient (Wildman–Crippen LogP) is 6.53. The smallest absolute Gasteiger partial charge is 0.385 e. The average molecular weight is 486 g/mol.